The lowest BCUT2D eigenvalue weighted by molar-refractivity contribution is 0.560. The molecule has 0 aliphatic heterocycles. The van der Waals surface area contributed by atoms with Crippen molar-refractivity contribution in [3.05, 3.63) is 42.0 Å². The monoisotopic (exact) mass is 295 g/mol. The van der Waals surface area contributed by atoms with Crippen molar-refractivity contribution in [3.8, 4) is 0 Å². The number of rotatable bonds is 6. The standard InChI is InChI=1S/C12H17N5O2S/c1-9(12-14-8-15-16-12)17-20(18,19)11-5-3-10(4-6-11)7-13-2/h3-6,8-9,13,17H,7H2,1-2H3,(H,14,15,16). The van der Waals surface area contributed by atoms with Crippen LogP contribution in [0.2, 0.25) is 0 Å². The number of aromatic amines is 1. The zero-order chi connectivity index (χ0) is 14.6. The number of hydrogen-bond donors (Lipinski definition) is 3. The first-order valence-electron chi connectivity index (χ1n) is 6.14. The third-order valence-corrected chi connectivity index (χ3v) is 4.35. The van der Waals surface area contributed by atoms with Crippen molar-refractivity contribution < 1.29 is 8.42 Å². The van der Waals surface area contributed by atoms with Crippen LogP contribution in [0.1, 0.15) is 24.4 Å². The molecule has 2 rings (SSSR count). The van der Waals surface area contributed by atoms with Gasteiger partial charge in [-0.1, -0.05) is 12.1 Å². The van der Waals surface area contributed by atoms with E-state index in [1.54, 1.807) is 31.2 Å². The Balaban J connectivity index is 2.13. The number of aromatic nitrogens is 3. The molecule has 0 amide bonds. The van der Waals surface area contributed by atoms with Gasteiger partial charge in [0, 0.05) is 6.54 Å². The Morgan fingerprint density at radius 2 is 2.00 bits per heavy atom. The summed E-state index contributed by atoms with van der Waals surface area (Å²) in [6.45, 7) is 2.40. The largest absolute Gasteiger partial charge is 0.316 e. The SMILES string of the molecule is CNCc1ccc(S(=O)(=O)NC(C)c2ncn[nH]2)cc1. The number of nitrogens with one attached hydrogen (secondary N) is 3. The Morgan fingerprint density at radius 3 is 2.55 bits per heavy atom. The third kappa shape index (κ3) is 3.41. The van der Waals surface area contributed by atoms with Gasteiger partial charge in [0.1, 0.15) is 12.2 Å². The van der Waals surface area contributed by atoms with Crippen molar-refractivity contribution >= 4 is 10.0 Å². The van der Waals surface area contributed by atoms with Gasteiger partial charge in [0.15, 0.2) is 0 Å². The van der Waals surface area contributed by atoms with E-state index in [0.29, 0.717) is 12.4 Å². The molecule has 0 radical (unpaired) electrons. The molecule has 0 bridgehead atoms. The molecule has 0 fully saturated rings. The summed E-state index contributed by atoms with van der Waals surface area (Å²) in [6.07, 6.45) is 1.34. The fourth-order valence-corrected chi connectivity index (χ4v) is 2.98. The van der Waals surface area contributed by atoms with Gasteiger partial charge in [-0.3, -0.25) is 5.10 Å². The van der Waals surface area contributed by atoms with Gasteiger partial charge in [-0.15, -0.1) is 0 Å². The van der Waals surface area contributed by atoms with Gasteiger partial charge in [0.25, 0.3) is 0 Å². The smallest absolute Gasteiger partial charge is 0.241 e. The first-order valence-corrected chi connectivity index (χ1v) is 7.62. The molecule has 3 N–H and O–H groups in total. The normalized spacial score (nSPS) is 13.3. The van der Waals surface area contributed by atoms with Crippen LogP contribution in [0.4, 0.5) is 0 Å². The van der Waals surface area contributed by atoms with E-state index in [1.807, 2.05) is 7.05 Å². The van der Waals surface area contributed by atoms with Crippen LogP contribution < -0.4 is 10.0 Å². The molecule has 1 aromatic carbocycles. The Morgan fingerprint density at radius 1 is 1.30 bits per heavy atom. The highest BCUT2D eigenvalue weighted by atomic mass is 32.2. The minimum absolute atomic E-state index is 0.226. The molecule has 1 atom stereocenters. The van der Waals surface area contributed by atoms with Crippen LogP contribution in [0.5, 0.6) is 0 Å². The molecule has 108 valence electrons. The number of hydrogen-bond acceptors (Lipinski definition) is 5. The molecule has 0 saturated carbocycles. The molecule has 0 aliphatic rings. The second-order valence-corrected chi connectivity index (χ2v) is 6.10. The van der Waals surface area contributed by atoms with Crippen LogP contribution in [0.15, 0.2) is 35.5 Å². The zero-order valence-corrected chi connectivity index (χ0v) is 12.1. The first kappa shape index (κ1) is 14.6. The fraction of sp³-hybridized carbons (Fsp3) is 0.333. The van der Waals surface area contributed by atoms with Crippen LogP contribution in [-0.4, -0.2) is 30.6 Å². The minimum Gasteiger partial charge on any atom is -0.316 e. The van der Waals surface area contributed by atoms with Gasteiger partial charge in [-0.2, -0.15) is 5.10 Å². The van der Waals surface area contributed by atoms with E-state index in [2.05, 4.69) is 25.2 Å². The van der Waals surface area contributed by atoms with Gasteiger partial charge >= 0.3 is 0 Å². The van der Waals surface area contributed by atoms with Crippen LogP contribution >= 0.6 is 0 Å². The lowest BCUT2D eigenvalue weighted by Crippen LogP contribution is -2.27. The zero-order valence-electron chi connectivity index (χ0n) is 11.3. The highest BCUT2D eigenvalue weighted by molar-refractivity contribution is 7.89. The van der Waals surface area contributed by atoms with Crippen molar-refractivity contribution in [1.82, 2.24) is 25.2 Å². The van der Waals surface area contributed by atoms with Crippen molar-refractivity contribution in [2.24, 2.45) is 0 Å². The summed E-state index contributed by atoms with van der Waals surface area (Å²) in [5.74, 6) is 0.473. The van der Waals surface area contributed by atoms with Crippen molar-refractivity contribution in [3.63, 3.8) is 0 Å². The molecule has 0 saturated heterocycles. The van der Waals surface area contributed by atoms with Crippen LogP contribution in [0.25, 0.3) is 0 Å². The minimum atomic E-state index is -3.58. The van der Waals surface area contributed by atoms with E-state index in [0.717, 1.165) is 5.56 Å². The molecule has 20 heavy (non-hydrogen) atoms. The highest BCUT2D eigenvalue weighted by Gasteiger charge is 2.19. The first-order chi connectivity index (χ1) is 9.53. The summed E-state index contributed by atoms with van der Waals surface area (Å²) in [4.78, 5) is 4.16. The van der Waals surface area contributed by atoms with Crippen LogP contribution in [0, 0.1) is 0 Å². The molecule has 1 heterocycles. The Kier molecular flexibility index (Phi) is 4.48. The Bertz CT molecular complexity index is 637. The molecule has 1 aromatic heterocycles. The Hall–Kier alpha value is -1.77. The number of H-pyrrole nitrogens is 1. The lowest BCUT2D eigenvalue weighted by atomic mass is 10.2. The fourth-order valence-electron chi connectivity index (χ4n) is 1.77. The maximum atomic E-state index is 12.2. The summed E-state index contributed by atoms with van der Waals surface area (Å²) < 4.78 is 27.0. The van der Waals surface area contributed by atoms with Gasteiger partial charge in [0.05, 0.1) is 10.9 Å². The number of sulfonamides is 1. The van der Waals surface area contributed by atoms with Gasteiger partial charge < -0.3 is 5.32 Å². The predicted molar refractivity (Wildman–Crippen MR) is 74.3 cm³/mol. The van der Waals surface area contributed by atoms with Gasteiger partial charge in [-0.05, 0) is 31.7 Å². The molecule has 7 nitrogen and oxygen atoms in total. The highest BCUT2D eigenvalue weighted by Crippen LogP contribution is 2.14. The van der Waals surface area contributed by atoms with Gasteiger partial charge in [0.2, 0.25) is 10.0 Å². The molecule has 0 spiro atoms. The molecule has 0 aliphatic carbocycles. The summed E-state index contributed by atoms with van der Waals surface area (Å²) in [5.41, 5.74) is 1.02. The van der Waals surface area contributed by atoms with E-state index in [4.69, 9.17) is 0 Å². The molecule has 1 unspecified atom stereocenters. The maximum absolute atomic E-state index is 12.2. The van der Waals surface area contributed by atoms with Crippen LogP contribution in [-0.2, 0) is 16.6 Å². The number of benzene rings is 1. The van der Waals surface area contributed by atoms with E-state index in [1.165, 1.54) is 6.33 Å². The van der Waals surface area contributed by atoms with E-state index in [9.17, 15) is 8.42 Å². The van der Waals surface area contributed by atoms with Gasteiger partial charge in [-0.25, -0.2) is 18.1 Å². The second kappa shape index (κ2) is 6.12. The summed E-state index contributed by atoms with van der Waals surface area (Å²) >= 11 is 0. The summed E-state index contributed by atoms with van der Waals surface area (Å²) in [7, 11) is -1.74. The lowest BCUT2D eigenvalue weighted by Gasteiger charge is -2.12. The second-order valence-electron chi connectivity index (χ2n) is 4.39. The average Bonchev–Trinajstić information content (AvgIpc) is 2.93. The van der Waals surface area contributed by atoms with Crippen molar-refractivity contribution in [2.75, 3.05) is 7.05 Å². The summed E-state index contributed by atoms with van der Waals surface area (Å²) in [5, 5.41) is 9.35. The molecular weight excluding hydrogens is 278 g/mol. The van der Waals surface area contributed by atoms with E-state index >= 15 is 0 Å². The third-order valence-electron chi connectivity index (χ3n) is 2.79. The molecule has 2 aromatic rings. The average molecular weight is 295 g/mol. The molecular formula is C12H17N5O2S. The summed E-state index contributed by atoms with van der Waals surface area (Å²) in [6, 6.07) is 6.26. The maximum Gasteiger partial charge on any atom is 0.241 e. The predicted octanol–water partition coefficient (Wildman–Crippen LogP) is 0.564. The topological polar surface area (TPSA) is 99.8 Å². The quantitative estimate of drug-likeness (QED) is 0.723. The van der Waals surface area contributed by atoms with Crippen LogP contribution in [0.3, 0.4) is 0 Å². The van der Waals surface area contributed by atoms with Crippen molar-refractivity contribution in [1.29, 1.82) is 0 Å². The molecule has 8 heteroatoms. The number of nitrogens with zero attached hydrogens (tertiary/aromatic N) is 2. The van der Waals surface area contributed by atoms with E-state index < -0.39 is 16.1 Å². The van der Waals surface area contributed by atoms with E-state index in [-0.39, 0.29) is 4.90 Å². The Labute approximate surface area is 117 Å². The van der Waals surface area contributed by atoms with Crippen molar-refractivity contribution in [2.45, 2.75) is 24.4 Å².